The quantitative estimate of drug-likeness (QED) is 0.160. The molecule has 0 bridgehead atoms. The van der Waals surface area contributed by atoms with Crippen molar-refractivity contribution in [1.29, 1.82) is 0 Å². The molecule has 11 nitrogen and oxygen atoms in total. The second-order valence-electron chi connectivity index (χ2n) is 8.27. The number of benzene rings is 1. The molecule has 0 fully saturated rings. The van der Waals surface area contributed by atoms with Gasteiger partial charge in [-0.05, 0) is 30.3 Å². The predicted octanol–water partition coefficient (Wildman–Crippen LogP) is 6.43. The number of halogens is 9. The number of alkyl halides is 9. The van der Waals surface area contributed by atoms with E-state index in [9.17, 15) is 39.5 Å². The van der Waals surface area contributed by atoms with Crippen LogP contribution in [0.15, 0.2) is 55.0 Å². The van der Waals surface area contributed by atoms with Gasteiger partial charge in [0.2, 0.25) is 0 Å². The Morgan fingerprint density at radius 1 is 0.844 bits per heavy atom. The third-order valence-electron chi connectivity index (χ3n) is 5.26. The van der Waals surface area contributed by atoms with Crippen molar-refractivity contribution in [3.63, 3.8) is 0 Å². The average Bonchev–Trinajstić information content (AvgIpc) is 3.32. The Labute approximate surface area is 244 Å². The van der Waals surface area contributed by atoms with Gasteiger partial charge in [0.1, 0.15) is 28.8 Å². The number of ether oxygens (including phenoxy) is 2. The molecule has 0 atom stereocenters. The molecule has 1 aromatic carbocycles. The molecule has 20 heteroatoms. The lowest BCUT2D eigenvalue weighted by atomic mass is 10.1. The van der Waals surface area contributed by atoms with E-state index in [1.807, 2.05) is 12.1 Å². The van der Waals surface area contributed by atoms with Gasteiger partial charge in [-0.1, -0.05) is 0 Å². The van der Waals surface area contributed by atoms with Gasteiger partial charge in [-0.25, -0.2) is 19.6 Å². The molecule has 0 saturated carbocycles. The molecular weight excluding hydrogens is 637 g/mol. The molecule has 0 radical (unpaired) electrons. The summed E-state index contributed by atoms with van der Waals surface area (Å²) in [5, 5.41) is 17.5. The Hall–Kier alpha value is -5.56. The summed E-state index contributed by atoms with van der Waals surface area (Å²) in [6.07, 6.45) is -9.94. The number of pyridine rings is 2. The van der Waals surface area contributed by atoms with Crippen LogP contribution >= 0.6 is 0 Å². The van der Waals surface area contributed by atoms with Crippen molar-refractivity contribution in [2.45, 2.75) is 18.7 Å². The summed E-state index contributed by atoms with van der Waals surface area (Å²) in [4.78, 5) is 34.4. The number of H-pyrrole nitrogens is 1. The van der Waals surface area contributed by atoms with Crippen molar-refractivity contribution in [3.05, 3.63) is 55.0 Å². The minimum absolute atomic E-state index is 0.185. The van der Waals surface area contributed by atoms with Gasteiger partial charge in [-0.3, -0.25) is 4.98 Å². The number of aromatic amines is 1. The van der Waals surface area contributed by atoms with Gasteiger partial charge < -0.3 is 30.0 Å². The first-order chi connectivity index (χ1) is 20.8. The molecule has 4 aromatic rings. The predicted molar refractivity (Wildman–Crippen MR) is 134 cm³/mol. The van der Waals surface area contributed by atoms with Crippen molar-refractivity contribution in [3.8, 4) is 45.4 Å². The van der Waals surface area contributed by atoms with Crippen molar-refractivity contribution in [2.75, 3.05) is 12.4 Å². The van der Waals surface area contributed by atoms with Crippen LogP contribution in [0, 0.1) is 0 Å². The summed E-state index contributed by atoms with van der Waals surface area (Å²) < 4.78 is 111. The van der Waals surface area contributed by atoms with Crippen molar-refractivity contribution < 1.29 is 68.8 Å². The van der Waals surface area contributed by atoms with Gasteiger partial charge in [-0.2, -0.15) is 26.3 Å². The van der Waals surface area contributed by atoms with E-state index in [1.165, 1.54) is 25.3 Å². The number of anilines is 2. The van der Waals surface area contributed by atoms with Crippen LogP contribution < -0.4 is 14.8 Å². The third-order valence-corrected chi connectivity index (χ3v) is 5.26. The average molecular weight is 653 g/mol. The lowest BCUT2D eigenvalue weighted by Gasteiger charge is -2.12. The number of methoxy groups -OCH3 is 1. The highest BCUT2D eigenvalue weighted by atomic mass is 19.4. The number of nitrogens with zero attached hydrogens (tertiary/aromatic N) is 3. The Kier molecular flexibility index (Phi) is 9.79. The molecule has 0 amide bonds. The molecule has 45 heavy (non-hydrogen) atoms. The van der Waals surface area contributed by atoms with Gasteiger partial charge in [0, 0.05) is 29.6 Å². The van der Waals surface area contributed by atoms with Crippen LogP contribution in [0.1, 0.15) is 0 Å². The number of carbonyl (C=O) groups is 2. The standard InChI is InChI=1S/C21H14F3N5O2.2C2HF3O2/c1-30-16-9-11(31-21(22,23)24)4-5-13(16)20-28-17-12-6-8-25-10-15(12)27-19-14(18(17)29-20)3-2-7-26-19;2*3-2(4,5)1(6)7/h2-10H,1H3,(H,26,27)(H,28,29);2*(H,6,7). The Morgan fingerprint density at radius 2 is 1.47 bits per heavy atom. The monoisotopic (exact) mass is 653 g/mol. The Morgan fingerprint density at radius 3 is 2.02 bits per heavy atom. The largest absolute Gasteiger partial charge is 0.573 e. The molecule has 0 spiro atoms. The number of nitrogens with one attached hydrogen (secondary N) is 2. The molecule has 1 aliphatic rings. The van der Waals surface area contributed by atoms with E-state index in [0.29, 0.717) is 22.9 Å². The summed E-state index contributed by atoms with van der Waals surface area (Å²) in [5.41, 5.74) is 4.21. The highest BCUT2D eigenvalue weighted by Crippen LogP contribution is 2.44. The number of rotatable bonds is 3. The minimum Gasteiger partial charge on any atom is -0.496 e. The van der Waals surface area contributed by atoms with Gasteiger partial charge in [0.25, 0.3) is 0 Å². The van der Waals surface area contributed by atoms with Gasteiger partial charge in [-0.15, -0.1) is 13.2 Å². The first-order valence-corrected chi connectivity index (χ1v) is 11.6. The Bertz CT molecular complexity index is 1600. The molecule has 240 valence electrons. The van der Waals surface area contributed by atoms with Crippen LogP contribution in [0.3, 0.4) is 0 Å². The smallest absolute Gasteiger partial charge is 0.496 e. The first kappa shape index (κ1) is 33.9. The second kappa shape index (κ2) is 13.0. The summed E-state index contributed by atoms with van der Waals surface area (Å²) in [6.45, 7) is 0. The summed E-state index contributed by atoms with van der Waals surface area (Å²) in [7, 11) is 1.37. The number of carboxylic acids is 2. The molecule has 4 N–H and O–H groups in total. The number of hydrogen-bond acceptors (Lipinski definition) is 8. The summed E-state index contributed by atoms with van der Waals surface area (Å²) >= 11 is 0. The molecule has 0 unspecified atom stereocenters. The third kappa shape index (κ3) is 8.74. The van der Waals surface area contributed by atoms with Crippen LogP contribution in [0.4, 0.5) is 51.0 Å². The van der Waals surface area contributed by atoms with Crippen LogP contribution in [-0.4, -0.2) is 67.9 Å². The van der Waals surface area contributed by atoms with Gasteiger partial charge >= 0.3 is 30.7 Å². The molecule has 1 aliphatic heterocycles. The normalized spacial score (nSPS) is 11.9. The molecular formula is C25H16F9N5O6. The number of aliphatic carboxylic acids is 2. The Balaban J connectivity index is 0.000000331. The van der Waals surface area contributed by atoms with E-state index >= 15 is 0 Å². The number of imidazole rings is 1. The number of fused-ring (bicyclic) bond motifs is 5. The van der Waals surface area contributed by atoms with Crippen LogP contribution in [0.25, 0.3) is 33.9 Å². The van der Waals surface area contributed by atoms with Gasteiger partial charge in [0.15, 0.2) is 0 Å². The van der Waals surface area contributed by atoms with Crippen molar-refractivity contribution in [1.82, 2.24) is 19.9 Å². The van der Waals surface area contributed by atoms with Crippen molar-refractivity contribution in [2.24, 2.45) is 0 Å². The molecule has 0 saturated heterocycles. The fourth-order valence-corrected chi connectivity index (χ4v) is 3.49. The lowest BCUT2D eigenvalue weighted by Crippen LogP contribution is -2.21. The van der Waals surface area contributed by atoms with Crippen molar-refractivity contribution >= 4 is 23.4 Å². The number of aromatic nitrogens is 4. The lowest BCUT2D eigenvalue weighted by molar-refractivity contribution is -0.274. The van der Waals surface area contributed by atoms with E-state index < -0.39 is 30.7 Å². The van der Waals surface area contributed by atoms with E-state index in [2.05, 4.69) is 25.0 Å². The van der Waals surface area contributed by atoms with E-state index in [-0.39, 0.29) is 11.5 Å². The van der Waals surface area contributed by atoms with Crippen LogP contribution in [0.2, 0.25) is 0 Å². The number of carboxylic acid groups (broad SMARTS) is 2. The zero-order valence-corrected chi connectivity index (χ0v) is 22.0. The minimum atomic E-state index is -5.08. The SMILES string of the molecule is COc1cc(OC(F)(F)F)ccc1-c1nc2c([nH]1)-c1ccncc1Nc1ncccc1-2.O=C(O)C(F)(F)F.O=C(O)C(F)(F)F. The maximum atomic E-state index is 12.6. The van der Waals surface area contributed by atoms with Crippen LogP contribution in [-0.2, 0) is 9.59 Å². The summed E-state index contributed by atoms with van der Waals surface area (Å²) in [6, 6.07) is 9.38. The fourth-order valence-electron chi connectivity index (χ4n) is 3.49. The molecule has 3 aromatic heterocycles. The van der Waals surface area contributed by atoms with Gasteiger partial charge in [0.05, 0.1) is 30.3 Å². The highest BCUT2D eigenvalue weighted by Gasteiger charge is 2.39. The molecule has 5 rings (SSSR count). The van der Waals surface area contributed by atoms with E-state index in [1.54, 1.807) is 24.7 Å². The molecule has 4 heterocycles. The maximum absolute atomic E-state index is 12.6. The fraction of sp³-hybridized carbons (Fsp3) is 0.160. The zero-order valence-electron chi connectivity index (χ0n) is 22.0. The highest BCUT2D eigenvalue weighted by molar-refractivity contribution is 5.95. The second-order valence-corrected chi connectivity index (χ2v) is 8.27. The topological polar surface area (TPSA) is 160 Å². The zero-order chi connectivity index (χ0) is 33.7. The van der Waals surface area contributed by atoms with Crippen LogP contribution in [0.5, 0.6) is 11.5 Å². The maximum Gasteiger partial charge on any atom is 0.573 e. The van der Waals surface area contributed by atoms with E-state index in [0.717, 1.165) is 22.5 Å². The number of hydrogen-bond donors (Lipinski definition) is 4. The first-order valence-electron chi connectivity index (χ1n) is 11.6. The van der Waals surface area contributed by atoms with E-state index in [4.69, 9.17) is 29.5 Å². The summed E-state index contributed by atoms with van der Waals surface area (Å²) in [5.74, 6) is -4.66. The molecule has 0 aliphatic carbocycles.